The number of nitrogens with zero attached hydrogens (tertiary/aromatic N) is 1. The highest BCUT2D eigenvalue weighted by molar-refractivity contribution is 5.66. The van der Waals surface area contributed by atoms with Crippen LogP contribution < -0.4 is 10.1 Å². The minimum atomic E-state index is -1.07. The molecule has 1 unspecified atom stereocenters. The number of carbonyl (C=O) groups excluding carboxylic acids is 1. The Morgan fingerprint density at radius 1 is 1.24 bits per heavy atom. The Labute approximate surface area is 196 Å². The van der Waals surface area contributed by atoms with Crippen molar-refractivity contribution in [3.8, 4) is 5.75 Å². The maximum Gasteiger partial charge on any atom is 0.407 e. The maximum absolute atomic E-state index is 14.9. The van der Waals surface area contributed by atoms with Gasteiger partial charge >= 0.3 is 12.2 Å². The van der Waals surface area contributed by atoms with Crippen LogP contribution in [0.3, 0.4) is 0 Å². The summed E-state index contributed by atoms with van der Waals surface area (Å²) in [5, 5.41) is 11.9. The number of piperidine rings is 1. The average Bonchev–Trinajstić information content (AvgIpc) is 2.83. The van der Waals surface area contributed by atoms with Crippen LogP contribution in [-0.2, 0) is 16.1 Å². The number of benzene rings is 2. The highest BCUT2D eigenvalue weighted by atomic mass is 19.1. The highest BCUT2D eigenvalue weighted by Crippen LogP contribution is 2.39. The molecule has 184 valence electrons. The fourth-order valence-electron chi connectivity index (χ4n) is 4.00. The van der Waals surface area contributed by atoms with Crippen LogP contribution in [0.25, 0.3) is 0 Å². The summed E-state index contributed by atoms with van der Waals surface area (Å²) in [7, 11) is 1.23. The average molecular weight is 478 g/mol. The third kappa shape index (κ3) is 6.80. The molecule has 2 N–H and O–H groups in total. The molecule has 1 saturated heterocycles. The zero-order valence-electron chi connectivity index (χ0n) is 18.8. The van der Waals surface area contributed by atoms with Crippen LogP contribution in [0.15, 0.2) is 42.5 Å². The van der Waals surface area contributed by atoms with E-state index < -0.39 is 29.9 Å². The van der Waals surface area contributed by atoms with E-state index >= 15 is 0 Å². The standard InChI is InChI=1S/C24H28F2N2O6/c1-32-23(29)27-9-11-33-21(17-8-5-10-28(14-17)24(30)31)19-12-18(25)13-20(26)22(19)34-15-16-6-3-2-4-7-16/h2-4,6-7,12-13,17,21H,5,8-11,14-15H2,1H3,(H,27,29)(H,30,31)/t17?,21-/m1/s1. The second-order valence-corrected chi connectivity index (χ2v) is 7.92. The minimum Gasteiger partial charge on any atom is -0.485 e. The second kappa shape index (κ2) is 12.2. The molecular formula is C24H28F2N2O6. The monoisotopic (exact) mass is 478 g/mol. The van der Waals surface area contributed by atoms with Crippen LogP contribution in [0, 0.1) is 17.6 Å². The first-order valence-electron chi connectivity index (χ1n) is 11.0. The van der Waals surface area contributed by atoms with E-state index in [0.717, 1.165) is 17.7 Å². The van der Waals surface area contributed by atoms with Crippen molar-refractivity contribution in [2.24, 2.45) is 5.92 Å². The summed E-state index contributed by atoms with van der Waals surface area (Å²) in [5.74, 6) is -2.20. The van der Waals surface area contributed by atoms with E-state index in [1.807, 2.05) is 30.3 Å². The van der Waals surface area contributed by atoms with Crippen LogP contribution in [0.2, 0.25) is 0 Å². The normalized spacial score (nSPS) is 16.6. The first-order chi connectivity index (χ1) is 16.4. The third-order valence-electron chi connectivity index (χ3n) is 5.58. The summed E-state index contributed by atoms with van der Waals surface area (Å²) < 4.78 is 45.5. The molecule has 1 heterocycles. The van der Waals surface area contributed by atoms with Gasteiger partial charge in [0.1, 0.15) is 12.4 Å². The van der Waals surface area contributed by atoms with Gasteiger partial charge in [0.05, 0.1) is 19.8 Å². The molecule has 2 atom stereocenters. The van der Waals surface area contributed by atoms with Crippen molar-refractivity contribution in [3.63, 3.8) is 0 Å². The number of alkyl carbamates (subject to hydrolysis) is 1. The van der Waals surface area contributed by atoms with E-state index in [-0.39, 0.29) is 43.5 Å². The van der Waals surface area contributed by atoms with E-state index in [1.165, 1.54) is 12.0 Å². The Kier molecular flexibility index (Phi) is 9.03. The maximum atomic E-state index is 14.9. The van der Waals surface area contributed by atoms with E-state index in [1.54, 1.807) is 0 Å². The first-order valence-corrected chi connectivity index (χ1v) is 11.0. The number of carboxylic acid groups (broad SMARTS) is 1. The second-order valence-electron chi connectivity index (χ2n) is 7.92. The van der Waals surface area contributed by atoms with Gasteiger partial charge in [-0.15, -0.1) is 0 Å². The zero-order valence-corrected chi connectivity index (χ0v) is 18.8. The molecule has 2 aromatic carbocycles. The van der Waals surface area contributed by atoms with Gasteiger partial charge in [-0.05, 0) is 24.5 Å². The number of amides is 2. The molecule has 1 aliphatic heterocycles. The molecule has 10 heteroatoms. The molecule has 0 spiro atoms. The molecule has 2 aromatic rings. The van der Waals surface area contributed by atoms with Crippen molar-refractivity contribution in [2.75, 3.05) is 33.4 Å². The summed E-state index contributed by atoms with van der Waals surface area (Å²) in [6.07, 6.45) is -1.40. The van der Waals surface area contributed by atoms with Crippen molar-refractivity contribution in [3.05, 3.63) is 65.2 Å². The van der Waals surface area contributed by atoms with Crippen molar-refractivity contribution in [1.82, 2.24) is 10.2 Å². The fourth-order valence-corrected chi connectivity index (χ4v) is 4.00. The van der Waals surface area contributed by atoms with Crippen LogP contribution >= 0.6 is 0 Å². The van der Waals surface area contributed by atoms with Crippen LogP contribution in [-0.4, -0.2) is 55.5 Å². The smallest absolute Gasteiger partial charge is 0.407 e. The number of carbonyl (C=O) groups is 2. The van der Waals surface area contributed by atoms with E-state index in [4.69, 9.17) is 9.47 Å². The molecule has 34 heavy (non-hydrogen) atoms. The molecule has 0 saturated carbocycles. The number of likely N-dealkylation sites (tertiary alicyclic amines) is 1. The van der Waals surface area contributed by atoms with Gasteiger partial charge in [0.2, 0.25) is 0 Å². The van der Waals surface area contributed by atoms with Gasteiger partial charge < -0.3 is 29.5 Å². The fraction of sp³-hybridized carbons (Fsp3) is 0.417. The molecule has 3 rings (SSSR count). The van der Waals surface area contributed by atoms with Crippen molar-refractivity contribution in [2.45, 2.75) is 25.6 Å². The number of methoxy groups -OCH3 is 1. The lowest BCUT2D eigenvalue weighted by molar-refractivity contribution is -0.0136. The van der Waals surface area contributed by atoms with Crippen molar-refractivity contribution >= 4 is 12.2 Å². The number of halogens is 2. The molecule has 1 aliphatic rings. The molecule has 1 fully saturated rings. The minimum absolute atomic E-state index is 0.0135. The summed E-state index contributed by atoms with van der Waals surface area (Å²) >= 11 is 0. The van der Waals surface area contributed by atoms with Crippen molar-refractivity contribution < 1.29 is 37.7 Å². The van der Waals surface area contributed by atoms with Crippen molar-refractivity contribution in [1.29, 1.82) is 0 Å². The number of ether oxygens (including phenoxy) is 3. The highest BCUT2D eigenvalue weighted by Gasteiger charge is 2.34. The van der Waals surface area contributed by atoms with Gasteiger partial charge in [0.15, 0.2) is 11.6 Å². The van der Waals surface area contributed by atoms with Crippen LogP contribution in [0.4, 0.5) is 18.4 Å². The van der Waals surface area contributed by atoms with Gasteiger partial charge in [-0.1, -0.05) is 30.3 Å². The lowest BCUT2D eigenvalue weighted by Crippen LogP contribution is -2.41. The molecular weight excluding hydrogens is 450 g/mol. The molecule has 0 aliphatic carbocycles. The quantitative estimate of drug-likeness (QED) is 0.520. The van der Waals surface area contributed by atoms with Crippen LogP contribution in [0.5, 0.6) is 5.75 Å². The molecule has 2 amide bonds. The van der Waals surface area contributed by atoms with Gasteiger partial charge in [-0.25, -0.2) is 18.4 Å². The number of rotatable bonds is 9. The summed E-state index contributed by atoms with van der Waals surface area (Å²) in [5.41, 5.74) is 0.954. The number of nitrogens with one attached hydrogen (secondary N) is 1. The van der Waals surface area contributed by atoms with E-state index in [2.05, 4.69) is 10.1 Å². The largest absolute Gasteiger partial charge is 0.485 e. The number of hydrogen-bond donors (Lipinski definition) is 2. The lowest BCUT2D eigenvalue weighted by Gasteiger charge is -2.36. The SMILES string of the molecule is COC(=O)NCCO[C@@H](c1cc(F)cc(F)c1OCc1ccccc1)C1CCCN(C(=O)O)C1. The lowest BCUT2D eigenvalue weighted by atomic mass is 9.88. The molecule has 0 radical (unpaired) electrons. The van der Waals surface area contributed by atoms with E-state index in [9.17, 15) is 23.5 Å². The number of hydrogen-bond acceptors (Lipinski definition) is 5. The van der Waals surface area contributed by atoms with E-state index in [0.29, 0.717) is 19.4 Å². The Morgan fingerprint density at radius 2 is 2.00 bits per heavy atom. The van der Waals surface area contributed by atoms with Gasteiger partial charge in [0.25, 0.3) is 0 Å². The Morgan fingerprint density at radius 3 is 2.71 bits per heavy atom. The summed E-state index contributed by atoms with van der Waals surface area (Å²) in [6.45, 7) is 0.674. The molecule has 0 aromatic heterocycles. The topological polar surface area (TPSA) is 97.3 Å². The van der Waals surface area contributed by atoms with Gasteiger partial charge in [-0.3, -0.25) is 0 Å². The molecule has 0 bridgehead atoms. The van der Waals surface area contributed by atoms with Gasteiger partial charge in [-0.2, -0.15) is 0 Å². The Hall–Kier alpha value is -3.40. The predicted molar refractivity (Wildman–Crippen MR) is 119 cm³/mol. The summed E-state index contributed by atoms with van der Waals surface area (Å²) in [6, 6.07) is 11.0. The zero-order chi connectivity index (χ0) is 24.5. The first kappa shape index (κ1) is 25.2. The van der Waals surface area contributed by atoms with Crippen LogP contribution in [0.1, 0.15) is 30.1 Å². The Balaban J connectivity index is 1.88. The predicted octanol–water partition coefficient (Wildman–Crippen LogP) is 4.35. The van der Waals surface area contributed by atoms with Gasteiger partial charge in [0, 0.05) is 37.2 Å². The summed E-state index contributed by atoms with van der Waals surface area (Å²) in [4.78, 5) is 24.1. The third-order valence-corrected chi connectivity index (χ3v) is 5.58. The molecule has 8 nitrogen and oxygen atoms in total. The Bertz CT molecular complexity index is 975.